The summed E-state index contributed by atoms with van der Waals surface area (Å²) in [6, 6.07) is 3.72. The van der Waals surface area contributed by atoms with Crippen LogP contribution in [0.5, 0.6) is 0 Å². The molecule has 82 valence electrons. The number of aryl methyl sites for hydroxylation is 1. The summed E-state index contributed by atoms with van der Waals surface area (Å²) in [5.74, 6) is 0.547. The average Bonchev–Trinajstić information content (AvgIpc) is 2.78. The molecule has 2 aromatic heterocycles. The molecule has 16 heavy (non-hydrogen) atoms. The fourth-order valence-corrected chi connectivity index (χ4v) is 1.58. The summed E-state index contributed by atoms with van der Waals surface area (Å²) in [5, 5.41) is 0. The number of ketones is 1. The van der Waals surface area contributed by atoms with Gasteiger partial charge in [-0.15, -0.1) is 0 Å². The van der Waals surface area contributed by atoms with Crippen molar-refractivity contribution in [2.24, 2.45) is 0 Å². The molecule has 0 saturated carbocycles. The second-order valence-corrected chi connectivity index (χ2v) is 3.50. The third kappa shape index (κ3) is 2.16. The van der Waals surface area contributed by atoms with E-state index in [1.54, 1.807) is 18.6 Å². The van der Waals surface area contributed by atoms with E-state index >= 15 is 0 Å². The number of imidazole rings is 1. The predicted molar refractivity (Wildman–Crippen MR) is 60.2 cm³/mol. The third-order valence-electron chi connectivity index (χ3n) is 2.39. The number of pyridine rings is 1. The molecule has 0 aliphatic carbocycles. The maximum atomic E-state index is 11.9. The molecule has 0 fully saturated rings. The molecule has 2 heterocycles. The van der Waals surface area contributed by atoms with Crippen LogP contribution in [0.4, 0.5) is 0 Å². The van der Waals surface area contributed by atoms with Gasteiger partial charge in [0.2, 0.25) is 5.78 Å². The molecule has 0 amide bonds. The molecule has 0 atom stereocenters. The number of aromatic nitrogens is 3. The van der Waals surface area contributed by atoms with Gasteiger partial charge in [-0.2, -0.15) is 0 Å². The fourth-order valence-electron chi connectivity index (χ4n) is 1.58. The van der Waals surface area contributed by atoms with Gasteiger partial charge in [-0.05, 0) is 18.6 Å². The summed E-state index contributed by atoms with van der Waals surface area (Å²) in [4.78, 5) is 20.0. The van der Waals surface area contributed by atoms with Gasteiger partial charge < -0.3 is 4.57 Å². The standard InChI is InChI=1S/C12H13N3O/c1-2-15-7-6-14-12(15)11(16)8-10-4-3-5-13-9-10/h3-7,9H,2,8H2,1H3. The van der Waals surface area contributed by atoms with Crippen molar-refractivity contribution >= 4 is 5.78 Å². The lowest BCUT2D eigenvalue weighted by Gasteiger charge is -2.03. The fraction of sp³-hybridized carbons (Fsp3) is 0.250. The Labute approximate surface area is 94.0 Å². The number of hydrogen-bond acceptors (Lipinski definition) is 3. The Kier molecular flexibility index (Phi) is 3.10. The summed E-state index contributed by atoms with van der Waals surface area (Å²) in [6.07, 6.45) is 7.22. The van der Waals surface area contributed by atoms with Crippen LogP contribution in [0.1, 0.15) is 23.1 Å². The van der Waals surface area contributed by atoms with Gasteiger partial charge in [0.25, 0.3) is 0 Å². The monoisotopic (exact) mass is 215 g/mol. The van der Waals surface area contributed by atoms with Crippen LogP contribution in [-0.2, 0) is 13.0 Å². The van der Waals surface area contributed by atoms with Crippen molar-refractivity contribution in [2.45, 2.75) is 19.9 Å². The number of rotatable bonds is 4. The van der Waals surface area contributed by atoms with Crippen LogP contribution < -0.4 is 0 Å². The predicted octanol–water partition coefficient (Wildman–Crippen LogP) is 1.72. The van der Waals surface area contributed by atoms with Gasteiger partial charge in [-0.3, -0.25) is 9.78 Å². The zero-order valence-electron chi connectivity index (χ0n) is 9.13. The Hall–Kier alpha value is -1.97. The third-order valence-corrected chi connectivity index (χ3v) is 2.39. The Morgan fingerprint density at radius 3 is 3.00 bits per heavy atom. The molecule has 4 nitrogen and oxygen atoms in total. The number of carbonyl (C=O) groups excluding carboxylic acids is 1. The minimum Gasteiger partial charge on any atom is -0.329 e. The Balaban J connectivity index is 2.15. The topological polar surface area (TPSA) is 47.8 Å². The van der Waals surface area contributed by atoms with Gasteiger partial charge in [0.05, 0.1) is 0 Å². The lowest BCUT2D eigenvalue weighted by Crippen LogP contribution is -2.11. The van der Waals surface area contributed by atoms with Crippen LogP contribution in [0.25, 0.3) is 0 Å². The van der Waals surface area contributed by atoms with Crippen molar-refractivity contribution in [3.8, 4) is 0 Å². The van der Waals surface area contributed by atoms with Crippen molar-refractivity contribution in [3.05, 3.63) is 48.3 Å². The summed E-state index contributed by atoms with van der Waals surface area (Å²) >= 11 is 0. The van der Waals surface area contributed by atoms with Gasteiger partial charge >= 0.3 is 0 Å². The first-order valence-corrected chi connectivity index (χ1v) is 5.24. The van der Waals surface area contributed by atoms with Crippen molar-refractivity contribution in [1.82, 2.24) is 14.5 Å². The molecule has 2 aromatic rings. The zero-order valence-corrected chi connectivity index (χ0v) is 9.13. The normalized spacial score (nSPS) is 10.3. The van der Waals surface area contributed by atoms with Crippen molar-refractivity contribution in [2.75, 3.05) is 0 Å². The summed E-state index contributed by atoms with van der Waals surface area (Å²) in [6.45, 7) is 2.75. The quantitative estimate of drug-likeness (QED) is 0.730. The first-order valence-electron chi connectivity index (χ1n) is 5.24. The highest BCUT2D eigenvalue weighted by molar-refractivity contribution is 5.94. The Morgan fingerprint density at radius 2 is 2.31 bits per heavy atom. The lowest BCUT2D eigenvalue weighted by atomic mass is 10.1. The van der Waals surface area contributed by atoms with Gasteiger partial charge in [0.15, 0.2) is 5.82 Å². The smallest absolute Gasteiger partial charge is 0.202 e. The molecule has 0 N–H and O–H groups in total. The largest absolute Gasteiger partial charge is 0.329 e. The second kappa shape index (κ2) is 4.70. The molecule has 0 aromatic carbocycles. The maximum absolute atomic E-state index is 11.9. The summed E-state index contributed by atoms with van der Waals surface area (Å²) < 4.78 is 1.85. The highest BCUT2D eigenvalue weighted by Crippen LogP contribution is 2.05. The zero-order chi connectivity index (χ0) is 11.4. The number of carbonyl (C=O) groups is 1. The molecule has 0 saturated heterocycles. The van der Waals surface area contributed by atoms with E-state index in [1.165, 1.54) is 0 Å². The van der Waals surface area contributed by atoms with Gasteiger partial charge in [-0.25, -0.2) is 4.98 Å². The van der Waals surface area contributed by atoms with E-state index in [-0.39, 0.29) is 5.78 Å². The SMILES string of the molecule is CCn1ccnc1C(=O)Cc1cccnc1. The average molecular weight is 215 g/mol. The molecular weight excluding hydrogens is 202 g/mol. The minimum atomic E-state index is 0.0276. The molecule has 0 unspecified atom stereocenters. The van der Waals surface area contributed by atoms with Crippen LogP contribution in [0.2, 0.25) is 0 Å². The second-order valence-electron chi connectivity index (χ2n) is 3.50. The van der Waals surface area contributed by atoms with Crippen LogP contribution in [-0.4, -0.2) is 20.3 Å². The highest BCUT2D eigenvalue weighted by Gasteiger charge is 2.12. The Morgan fingerprint density at radius 1 is 1.44 bits per heavy atom. The van der Waals surface area contributed by atoms with E-state index in [0.29, 0.717) is 12.2 Å². The van der Waals surface area contributed by atoms with Crippen LogP contribution in [0.15, 0.2) is 36.9 Å². The van der Waals surface area contributed by atoms with E-state index in [2.05, 4.69) is 9.97 Å². The van der Waals surface area contributed by atoms with Crippen molar-refractivity contribution in [3.63, 3.8) is 0 Å². The summed E-state index contributed by atoms with van der Waals surface area (Å²) in [5.41, 5.74) is 0.915. The lowest BCUT2D eigenvalue weighted by molar-refractivity contribution is 0.0979. The van der Waals surface area contributed by atoms with Gasteiger partial charge in [0.1, 0.15) is 0 Å². The maximum Gasteiger partial charge on any atom is 0.202 e. The van der Waals surface area contributed by atoms with Gasteiger partial charge in [-0.1, -0.05) is 6.07 Å². The molecule has 0 aliphatic heterocycles. The van der Waals surface area contributed by atoms with Crippen LogP contribution >= 0.6 is 0 Å². The van der Waals surface area contributed by atoms with E-state index in [1.807, 2.05) is 29.8 Å². The van der Waals surface area contributed by atoms with E-state index < -0.39 is 0 Å². The molecule has 0 spiro atoms. The number of Topliss-reactive ketones (excluding diaryl/α,β-unsaturated/α-hetero) is 1. The number of nitrogens with zero attached hydrogens (tertiary/aromatic N) is 3. The van der Waals surface area contributed by atoms with Gasteiger partial charge in [0, 0.05) is 37.8 Å². The minimum absolute atomic E-state index is 0.0276. The first kappa shape index (κ1) is 10.5. The van der Waals surface area contributed by atoms with Crippen LogP contribution in [0.3, 0.4) is 0 Å². The highest BCUT2D eigenvalue weighted by atomic mass is 16.1. The first-order chi connectivity index (χ1) is 7.81. The molecule has 4 heteroatoms. The summed E-state index contributed by atoms with van der Waals surface area (Å²) in [7, 11) is 0. The molecule has 2 rings (SSSR count). The van der Waals surface area contributed by atoms with Crippen molar-refractivity contribution < 1.29 is 4.79 Å². The molecule has 0 aliphatic rings. The van der Waals surface area contributed by atoms with E-state index in [0.717, 1.165) is 12.1 Å². The van der Waals surface area contributed by atoms with E-state index in [9.17, 15) is 4.79 Å². The molecule has 0 radical (unpaired) electrons. The van der Waals surface area contributed by atoms with Crippen LogP contribution in [0, 0.1) is 0 Å². The van der Waals surface area contributed by atoms with Crippen molar-refractivity contribution in [1.29, 1.82) is 0 Å². The number of hydrogen-bond donors (Lipinski definition) is 0. The molecule has 0 bridgehead atoms. The Bertz CT molecular complexity index is 476. The molecular formula is C12H13N3O. The van der Waals surface area contributed by atoms with E-state index in [4.69, 9.17) is 0 Å².